The van der Waals surface area contributed by atoms with E-state index in [9.17, 15) is 13.2 Å². The van der Waals surface area contributed by atoms with Gasteiger partial charge in [0.25, 0.3) is 5.91 Å². The Balaban J connectivity index is 1.81. The van der Waals surface area contributed by atoms with Crippen LogP contribution in [0, 0.1) is 5.41 Å². The number of thioether (sulfide) groups is 1. The molecule has 0 saturated carbocycles. The number of hydrazone groups is 1. The van der Waals surface area contributed by atoms with Crippen molar-refractivity contribution in [3.8, 4) is 0 Å². The van der Waals surface area contributed by atoms with Crippen molar-refractivity contribution in [3.63, 3.8) is 0 Å². The highest BCUT2D eigenvalue weighted by atomic mass is 32.3. The molecule has 130 valence electrons. The number of fused-ring (bicyclic) bond motifs is 2. The average molecular weight is 384 g/mol. The van der Waals surface area contributed by atoms with Crippen LogP contribution in [0.4, 0.5) is 0 Å². The van der Waals surface area contributed by atoms with E-state index in [4.69, 9.17) is 5.41 Å². The van der Waals surface area contributed by atoms with Crippen LogP contribution in [0.5, 0.6) is 0 Å². The maximum absolute atomic E-state index is 12.4. The van der Waals surface area contributed by atoms with Gasteiger partial charge in [-0.15, -0.1) is 5.10 Å². The molecular weight excluding hydrogens is 372 g/mol. The molecule has 0 unspecified atom stereocenters. The Bertz CT molecular complexity index is 1170. The van der Waals surface area contributed by atoms with Gasteiger partial charge in [0.2, 0.25) is 19.4 Å². The number of aliphatic imine (C=N–C) groups is 1. The third-order valence-electron chi connectivity index (χ3n) is 3.88. The van der Waals surface area contributed by atoms with E-state index in [1.165, 1.54) is 0 Å². The summed E-state index contributed by atoms with van der Waals surface area (Å²) in [7, 11) is -3.54. The van der Waals surface area contributed by atoms with Crippen LogP contribution in [0.15, 0.2) is 58.1 Å². The number of sulfone groups is 1. The van der Waals surface area contributed by atoms with Gasteiger partial charge in [0.1, 0.15) is 0 Å². The first-order valence-corrected chi connectivity index (χ1v) is 10.2. The summed E-state index contributed by atoms with van der Waals surface area (Å²) in [6.45, 7) is 0. The Hall–Kier alpha value is -2.78. The zero-order valence-electron chi connectivity index (χ0n) is 13.5. The van der Waals surface area contributed by atoms with E-state index in [0.717, 1.165) is 39.4 Å². The third-order valence-corrected chi connectivity index (χ3v) is 6.45. The zero-order valence-corrected chi connectivity index (χ0v) is 15.1. The highest BCUT2D eigenvalue weighted by Gasteiger charge is 2.38. The fourth-order valence-electron chi connectivity index (χ4n) is 2.66. The third kappa shape index (κ3) is 2.74. The monoisotopic (exact) mass is 384 g/mol. The van der Waals surface area contributed by atoms with Gasteiger partial charge in [0.15, 0.2) is 5.84 Å². The summed E-state index contributed by atoms with van der Waals surface area (Å²) in [5, 5.41) is 15.3. The second kappa shape index (κ2) is 5.89. The minimum atomic E-state index is -3.54. The minimum Gasteiger partial charge on any atom is -0.282 e. The molecule has 9 heteroatoms. The quantitative estimate of drug-likeness (QED) is 0.761. The van der Waals surface area contributed by atoms with Gasteiger partial charge in [-0.1, -0.05) is 42.5 Å². The molecule has 2 aliphatic heterocycles. The lowest BCUT2D eigenvalue weighted by molar-refractivity contribution is -0.114. The second-order valence-corrected chi connectivity index (χ2v) is 8.87. The van der Waals surface area contributed by atoms with E-state index in [1.807, 2.05) is 42.5 Å². The fourth-order valence-corrected chi connectivity index (χ4v) is 4.34. The summed E-state index contributed by atoms with van der Waals surface area (Å²) >= 11 is 0.769. The van der Waals surface area contributed by atoms with Crippen LogP contribution < -0.4 is 0 Å². The lowest BCUT2D eigenvalue weighted by Gasteiger charge is -2.20. The molecule has 2 heterocycles. The van der Waals surface area contributed by atoms with Gasteiger partial charge in [0, 0.05) is 6.26 Å². The fraction of sp³-hybridized carbons (Fsp3) is 0.0588. The highest BCUT2D eigenvalue weighted by molar-refractivity contribution is 8.42. The molecule has 2 aromatic rings. The van der Waals surface area contributed by atoms with Crippen LogP contribution >= 0.6 is 11.8 Å². The van der Waals surface area contributed by atoms with Gasteiger partial charge in [-0.3, -0.25) is 10.2 Å². The van der Waals surface area contributed by atoms with E-state index in [0.29, 0.717) is 0 Å². The number of hydrogen-bond acceptors (Lipinski definition) is 6. The molecule has 1 amide bonds. The molecule has 0 saturated heterocycles. The van der Waals surface area contributed by atoms with Crippen molar-refractivity contribution in [3.05, 3.63) is 53.6 Å². The van der Waals surface area contributed by atoms with Crippen LogP contribution in [0.3, 0.4) is 0 Å². The Labute approximate surface area is 153 Å². The normalized spacial score (nSPS) is 19.0. The molecule has 2 aliphatic rings. The molecular formula is C17H12N4O3S2. The second-order valence-electron chi connectivity index (χ2n) is 5.73. The molecule has 0 atom stereocenters. The van der Waals surface area contributed by atoms with Crippen LogP contribution in [0.2, 0.25) is 0 Å². The van der Waals surface area contributed by atoms with Gasteiger partial charge in [0.05, 0.1) is 5.57 Å². The Morgan fingerprint density at radius 3 is 2.65 bits per heavy atom. The molecule has 0 spiro atoms. The van der Waals surface area contributed by atoms with Crippen molar-refractivity contribution in [1.29, 1.82) is 5.41 Å². The summed E-state index contributed by atoms with van der Waals surface area (Å²) in [6, 6.07) is 13.4. The Morgan fingerprint density at radius 1 is 1.15 bits per heavy atom. The van der Waals surface area contributed by atoms with Crippen LogP contribution in [-0.4, -0.2) is 41.0 Å². The van der Waals surface area contributed by atoms with Gasteiger partial charge in [-0.25, -0.2) is 8.42 Å². The number of carbonyl (C=O) groups is 1. The van der Waals surface area contributed by atoms with Crippen molar-refractivity contribution >= 4 is 59.7 Å². The lowest BCUT2D eigenvalue weighted by Crippen LogP contribution is -2.35. The van der Waals surface area contributed by atoms with E-state index < -0.39 is 15.7 Å². The highest BCUT2D eigenvalue weighted by Crippen LogP contribution is 2.30. The van der Waals surface area contributed by atoms with Gasteiger partial charge >= 0.3 is 0 Å². The Kier molecular flexibility index (Phi) is 3.78. The number of amidine groups is 2. The summed E-state index contributed by atoms with van der Waals surface area (Å²) < 4.78 is 23.2. The standard InChI is InChI=1S/C17H12N4O3S2/c1-26(23,24)17-20-21-14(18)13(15(22)19-16(21)25-17)9-11-7-4-6-10-5-2-3-8-12(10)11/h2-9,18H,1H3/b13-9+,18-14?. The first-order chi connectivity index (χ1) is 12.3. The first kappa shape index (κ1) is 16.7. The number of hydrogen-bond donors (Lipinski definition) is 1. The molecule has 0 bridgehead atoms. The Morgan fingerprint density at radius 2 is 1.88 bits per heavy atom. The largest absolute Gasteiger partial charge is 0.283 e. The van der Waals surface area contributed by atoms with E-state index >= 15 is 0 Å². The van der Waals surface area contributed by atoms with Crippen LogP contribution in [0.25, 0.3) is 16.8 Å². The summed E-state index contributed by atoms with van der Waals surface area (Å²) in [4.78, 5) is 16.3. The number of nitrogens with zero attached hydrogens (tertiary/aromatic N) is 3. The van der Waals surface area contributed by atoms with Gasteiger partial charge in [-0.2, -0.15) is 10.0 Å². The SMILES string of the molecule is CS(=O)(=O)C1=NN2C(=N)/C(=C\c3cccc4ccccc34)C(=O)N=C2S1. The van der Waals surface area contributed by atoms with Gasteiger partial charge < -0.3 is 0 Å². The minimum absolute atomic E-state index is 0.0594. The maximum Gasteiger partial charge on any atom is 0.283 e. The number of rotatable bonds is 1. The van der Waals surface area contributed by atoms with Crippen molar-refractivity contribution in [2.24, 2.45) is 10.1 Å². The van der Waals surface area contributed by atoms with Crippen molar-refractivity contribution < 1.29 is 13.2 Å². The van der Waals surface area contributed by atoms with Crippen LogP contribution in [-0.2, 0) is 14.6 Å². The van der Waals surface area contributed by atoms with Crippen molar-refractivity contribution in [1.82, 2.24) is 5.01 Å². The molecule has 0 radical (unpaired) electrons. The number of amides is 1. The lowest BCUT2D eigenvalue weighted by atomic mass is 10.0. The number of nitrogens with one attached hydrogen (secondary N) is 1. The maximum atomic E-state index is 12.4. The number of carbonyl (C=O) groups excluding carboxylic acids is 1. The molecule has 0 aromatic heterocycles. The molecule has 1 N–H and O–H groups in total. The molecule has 0 aliphatic carbocycles. The van der Waals surface area contributed by atoms with E-state index in [2.05, 4.69) is 10.1 Å². The summed E-state index contributed by atoms with van der Waals surface area (Å²) in [5.74, 6) is -0.786. The summed E-state index contributed by atoms with van der Waals surface area (Å²) in [6.07, 6.45) is 2.61. The van der Waals surface area contributed by atoms with Crippen molar-refractivity contribution in [2.45, 2.75) is 0 Å². The predicted octanol–water partition coefficient (Wildman–Crippen LogP) is 2.46. The molecule has 4 rings (SSSR count). The smallest absolute Gasteiger partial charge is 0.282 e. The molecule has 2 aromatic carbocycles. The summed E-state index contributed by atoms with van der Waals surface area (Å²) in [5.41, 5.74) is 0.832. The molecule has 26 heavy (non-hydrogen) atoms. The molecule has 7 nitrogen and oxygen atoms in total. The first-order valence-electron chi connectivity index (χ1n) is 7.52. The molecule has 0 fully saturated rings. The van der Waals surface area contributed by atoms with E-state index in [1.54, 1.807) is 6.08 Å². The van der Waals surface area contributed by atoms with E-state index in [-0.39, 0.29) is 21.0 Å². The number of benzene rings is 2. The average Bonchev–Trinajstić information content (AvgIpc) is 3.03. The van der Waals surface area contributed by atoms with Crippen molar-refractivity contribution in [2.75, 3.05) is 6.26 Å². The predicted molar refractivity (Wildman–Crippen MR) is 104 cm³/mol. The topological polar surface area (TPSA) is 103 Å². The zero-order chi connectivity index (χ0) is 18.5. The van der Waals surface area contributed by atoms with Crippen LogP contribution in [0.1, 0.15) is 5.56 Å². The van der Waals surface area contributed by atoms with Gasteiger partial charge in [-0.05, 0) is 34.2 Å².